The number of rotatable bonds is 4. The van der Waals surface area contributed by atoms with Crippen molar-refractivity contribution in [2.45, 2.75) is 33.2 Å². The number of ether oxygens (including phenoxy) is 1. The van der Waals surface area contributed by atoms with Gasteiger partial charge in [-0.3, -0.25) is 9.47 Å². The van der Waals surface area contributed by atoms with Gasteiger partial charge in [0.2, 0.25) is 5.91 Å². The van der Waals surface area contributed by atoms with Crippen molar-refractivity contribution in [2.75, 3.05) is 49.7 Å². The van der Waals surface area contributed by atoms with E-state index in [1.807, 2.05) is 4.90 Å². The Morgan fingerprint density at radius 1 is 1.28 bits per heavy atom. The average molecular weight is 502 g/mol. The predicted octanol–water partition coefficient (Wildman–Crippen LogP) is 2.81. The standard InChI is InChI=1S/C22H28BrN7O2/c1-13-10-17(14(2)30(13)29-6-8-32-9-7-29)21-26-20-19(18(23)11-24-22(20)27-21)25-16-4-5-28(12-16)15(3)31/h10-11,16H,4-9,12H2,1-3H3,(H2,24,25,26,27)/t16-/m0/s1. The Kier molecular flexibility index (Phi) is 5.58. The first-order valence-electron chi connectivity index (χ1n) is 11.0. The number of imidazole rings is 1. The van der Waals surface area contributed by atoms with Crippen LogP contribution in [0.1, 0.15) is 24.7 Å². The largest absolute Gasteiger partial charge is 0.378 e. The van der Waals surface area contributed by atoms with Gasteiger partial charge in [-0.25, -0.2) is 9.97 Å². The third-order valence-corrected chi connectivity index (χ3v) is 6.98. The van der Waals surface area contributed by atoms with Crippen molar-refractivity contribution >= 4 is 38.7 Å². The smallest absolute Gasteiger partial charge is 0.219 e. The summed E-state index contributed by atoms with van der Waals surface area (Å²) < 4.78 is 8.66. The van der Waals surface area contributed by atoms with Crippen LogP contribution < -0.4 is 10.3 Å². The number of aromatic amines is 1. The molecule has 32 heavy (non-hydrogen) atoms. The van der Waals surface area contributed by atoms with E-state index in [2.05, 4.69) is 60.8 Å². The first-order chi connectivity index (χ1) is 15.4. The van der Waals surface area contributed by atoms with Gasteiger partial charge in [0.25, 0.3) is 0 Å². The number of hydrogen-bond donors (Lipinski definition) is 2. The molecule has 0 spiro atoms. The second-order valence-corrected chi connectivity index (χ2v) is 9.38. The summed E-state index contributed by atoms with van der Waals surface area (Å²) in [6, 6.07) is 2.37. The van der Waals surface area contributed by atoms with Crippen molar-refractivity contribution in [3.05, 3.63) is 28.1 Å². The van der Waals surface area contributed by atoms with Gasteiger partial charge in [-0.1, -0.05) is 0 Å². The molecule has 2 saturated heterocycles. The van der Waals surface area contributed by atoms with Gasteiger partial charge in [-0.05, 0) is 42.3 Å². The summed E-state index contributed by atoms with van der Waals surface area (Å²) in [6.07, 6.45) is 2.70. The molecule has 0 bridgehead atoms. The molecule has 9 nitrogen and oxygen atoms in total. The highest BCUT2D eigenvalue weighted by molar-refractivity contribution is 9.10. The third-order valence-electron chi connectivity index (χ3n) is 6.38. The summed E-state index contributed by atoms with van der Waals surface area (Å²) in [5.41, 5.74) is 5.85. The van der Waals surface area contributed by atoms with E-state index >= 15 is 0 Å². The fourth-order valence-electron chi connectivity index (χ4n) is 4.75. The lowest BCUT2D eigenvalue weighted by Gasteiger charge is -2.32. The average Bonchev–Trinajstić information content (AvgIpc) is 3.48. The maximum absolute atomic E-state index is 11.7. The number of halogens is 1. The first-order valence-corrected chi connectivity index (χ1v) is 11.8. The van der Waals surface area contributed by atoms with Crippen molar-refractivity contribution in [2.24, 2.45) is 0 Å². The maximum Gasteiger partial charge on any atom is 0.219 e. The minimum Gasteiger partial charge on any atom is -0.378 e. The molecule has 2 fully saturated rings. The SMILES string of the molecule is CC(=O)N1CC[C@H](Nc2c(Br)cnc3nc(-c4cc(C)n(N5CCOCC5)c4C)[nH]c23)C1. The molecule has 2 aliphatic heterocycles. The molecule has 0 aliphatic carbocycles. The number of aromatic nitrogens is 4. The van der Waals surface area contributed by atoms with Gasteiger partial charge >= 0.3 is 0 Å². The van der Waals surface area contributed by atoms with Crippen LogP contribution >= 0.6 is 15.9 Å². The quantitative estimate of drug-likeness (QED) is 0.571. The van der Waals surface area contributed by atoms with Gasteiger partial charge in [-0.15, -0.1) is 0 Å². The van der Waals surface area contributed by atoms with Gasteiger partial charge in [0.05, 0.1) is 36.5 Å². The summed E-state index contributed by atoms with van der Waals surface area (Å²) in [5.74, 6) is 0.922. The lowest BCUT2D eigenvalue weighted by molar-refractivity contribution is -0.127. The zero-order valence-corrected chi connectivity index (χ0v) is 20.2. The fourth-order valence-corrected chi connectivity index (χ4v) is 5.17. The molecule has 1 amide bonds. The molecule has 3 aromatic rings. The van der Waals surface area contributed by atoms with Crippen molar-refractivity contribution in [3.63, 3.8) is 0 Å². The molecule has 0 aromatic carbocycles. The first kappa shape index (κ1) is 21.3. The van der Waals surface area contributed by atoms with E-state index < -0.39 is 0 Å². The molecule has 1 atom stereocenters. The normalized spacial score (nSPS) is 19.2. The molecular weight excluding hydrogens is 474 g/mol. The molecule has 5 rings (SSSR count). The zero-order chi connectivity index (χ0) is 22.4. The number of pyridine rings is 1. The lowest BCUT2D eigenvalue weighted by Crippen LogP contribution is -2.44. The van der Waals surface area contributed by atoms with Crippen LogP contribution in [0.3, 0.4) is 0 Å². The number of anilines is 1. The topological polar surface area (TPSA) is 91.3 Å². The second-order valence-electron chi connectivity index (χ2n) is 8.52. The van der Waals surface area contributed by atoms with Crippen molar-refractivity contribution in [3.8, 4) is 11.4 Å². The van der Waals surface area contributed by atoms with Crippen LogP contribution in [0.5, 0.6) is 0 Å². The highest BCUT2D eigenvalue weighted by atomic mass is 79.9. The summed E-state index contributed by atoms with van der Waals surface area (Å²) in [6.45, 7) is 10.6. The molecule has 10 heteroatoms. The Labute approximate surface area is 195 Å². The highest BCUT2D eigenvalue weighted by Gasteiger charge is 2.26. The molecule has 170 valence electrons. The lowest BCUT2D eigenvalue weighted by atomic mass is 10.2. The number of fused-ring (bicyclic) bond motifs is 1. The number of hydrogen-bond acceptors (Lipinski definition) is 6. The predicted molar refractivity (Wildman–Crippen MR) is 128 cm³/mol. The Morgan fingerprint density at radius 3 is 2.78 bits per heavy atom. The zero-order valence-electron chi connectivity index (χ0n) is 18.6. The van der Waals surface area contributed by atoms with Gasteiger partial charge in [0, 0.05) is 49.2 Å². The van der Waals surface area contributed by atoms with Crippen LogP contribution in [0.25, 0.3) is 22.6 Å². The Bertz CT molecular complexity index is 1160. The number of likely N-dealkylation sites (tertiary alicyclic amines) is 1. The number of amides is 1. The van der Waals surface area contributed by atoms with E-state index in [1.165, 1.54) is 5.69 Å². The number of nitrogens with one attached hydrogen (secondary N) is 2. The highest BCUT2D eigenvalue weighted by Crippen LogP contribution is 2.33. The molecule has 5 heterocycles. The number of carbonyl (C=O) groups is 1. The van der Waals surface area contributed by atoms with E-state index in [-0.39, 0.29) is 11.9 Å². The second kappa shape index (κ2) is 8.40. The summed E-state index contributed by atoms with van der Waals surface area (Å²) >= 11 is 3.64. The Morgan fingerprint density at radius 2 is 2.06 bits per heavy atom. The van der Waals surface area contributed by atoms with Crippen LogP contribution in [0.4, 0.5) is 5.69 Å². The van der Waals surface area contributed by atoms with Crippen molar-refractivity contribution in [1.29, 1.82) is 0 Å². The van der Waals surface area contributed by atoms with E-state index in [4.69, 9.17) is 9.72 Å². The minimum absolute atomic E-state index is 0.118. The van der Waals surface area contributed by atoms with Crippen LogP contribution in [0.2, 0.25) is 0 Å². The molecule has 0 unspecified atom stereocenters. The molecular formula is C22H28BrN7O2. The number of nitrogens with zero attached hydrogens (tertiary/aromatic N) is 5. The Balaban J connectivity index is 1.48. The third kappa shape index (κ3) is 3.75. The van der Waals surface area contributed by atoms with Gasteiger partial charge in [0.1, 0.15) is 11.3 Å². The van der Waals surface area contributed by atoms with E-state index in [9.17, 15) is 4.79 Å². The van der Waals surface area contributed by atoms with Gasteiger partial charge in [0.15, 0.2) is 5.65 Å². The fraction of sp³-hybridized carbons (Fsp3) is 0.500. The summed E-state index contributed by atoms with van der Waals surface area (Å²) in [7, 11) is 0. The minimum atomic E-state index is 0.118. The number of carbonyl (C=O) groups excluding carboxylic acids is 1. The van der Waals surface area contributed by atoms with E-state index in [0.29, 0.717) is 12.2 Å². The molecule has 2 aliphatic rings. The van der Waals surface area contributed by atoms with Crippen molar-refractivity contribution in [1.82, 2.24) is 24.5 Å². The number of aryl methyl sites for hydroxylation is 1. The maximum atomic E-state index is 11.7. The van der Waals surface area contributed by atoms with E-state index in [1.54, 1.807) is 13.1 Å². The van der Waals surface area contributed by atoms with Crippen molar-refractivity contribution < 1.29 is 9.53 Å². The summed E-state index contributed by atoms with van der Waals surface area (Å²) in [5, 5.41) is 5.93. The molecule has 0 radical (unpaired) electrons. The Hall–Kier alpha value is -2.59. The number of morpholine rings is 1. The van der Waals surface area contributed by atoms with Crippen LogP contribution in [-0.2, 0) is 9.53 Å². The molecule has 3 aromatic heterocycles. The molecule has 2 N–H and O–H groups in total. The van der Waals surface area contributed by atoms with Crippen LogP contribution in [0, 0.1) is 13.8 Å². The molecule has 0 saturated carbocycles. The summed E-state index contributed by atoms with van der Waals surface area (Å²) in [4.78, 5) is 26.4. The monoisotopic (exact) mass is 501 g/mol. The van der Waals surface area contributed by atoms with Gasteiger partial charge in [-0.2, -0.15) is 0 Å². The number of H-pyrrole nitrogens is 1. The van der Waals surface area contributed by atoms with Gasteiger partial charge < -0.3 is 24.9 Å². The van der Waals surface area contributed by atoms with E-state index in [0.717, 1.165) is 72.0 Å². The van der Waals surface area contributed by atoms with Crippen LogP contribution in [-0.4, -0.2) is 75.9 Å². The van der Waals surface area contributed by atoms with Crippen LogP contribution in [0.15, 0.2) is 16.7 Å².